The molecule has 1 aliphatic rings. The van der Waals surface area contributed by atoms with Crippen LogP contribution in [-0.4, -0.2) is 37.0 Å². The molecule has 25 heavy (non-hydrogen) atoms. The third-order valence-electron chi connectivity index (χ3n) is 4.27. The van der Waals surface area contributed by atoms with Crippen LogP contribution in [0.2, 0.25) is 0 Å². The second-order valence-electron chi connectivity index (χ2n) is 5.96. The van der Waals surface area contributed by atoms with E-state index in [-0.39, 0.29) is 5.91 Å². The van der Waals surface area contributed by atoms with Gasteiger partial charge in [0.05, 0.1) is 12.7 Å². The van der Waals surface area contributed by atoms with Crippen molar-refractivity contribution in [3.05, 3.63) is 65.7 Å². The van der Waals surface area contributed by atoms with Crippen LogP contribution in [0.25, 0.3) is 0 Å². The van der Waals surface area contributed by atoms with Crippen molar-refractivity contribution in [2.75, 3.05) is 20.2 Å². The standard InChI is InChI=1S/C20H21NO4/c1-24-20(23)16-9-11-17(12-10-16)25-18(15-7-3-2-4-8-15)19(22)21-13-5-6-14-21/h2-4,7-12,18H,5-6,13-14H2,1H3/t18-/m1/s1. The van der Waals surface area contributed by atoms with E-state index in [0.717, 1.165) is 31.5 Å². The van der Waals surface area contributed by atoms with Crippen LogP contribution >= 0.6 is 0 Å². The van der Waals surface area contributed by atoms with Crippen molar-refractivity contribution in [3.63, 3.8) is 0 Å². The number of esters is 1. The number of rotatable bonds is 5. The predicted octanol–water partition coefficient (Wildman–Crippen LogP) is 3.22. The molecule has 1 saturated heterocycles. The monoisotopic (exact) mass is 339 g/mol. The van der Waals surface area contributed by atoms with E-state index in [0.29, 0.717) is 11.3 Å². The van der Waals surface area contributed by atoms with Gasteiger partial charge in [0.2, 0.25) is 6.10 Å². The summed E-state index contributed by atoms with van der Waals surface area (Å²) in [5, 5.41) is 0. The smallest absolute Gasteiger partial charge is 0.337 e. The summed E-state index contributed by atoms with van der Waals surface area (Å²) in [5.41, 5.74) is 1.26. The Hall–Kier alpha value is -2.82. The molecule has 0 spiro atoms. The number of hydrogen-bond acceptors (Lipinski definition) is 4. The highest BCUT2D eigenvalue weighted by atomic mass is 16.5. The van der Waals surface area contributed by atoms with Gasteiger partial charge >= 0.3 is 5.97 Å². The molecule has 5 heteroatoms. The molecule has 0 unspecified atom stereocenters. The maximum absolute atomic E-state index is 12.9. The zero-order chi connectivity index (χ0) is 17.6. The van der Waals surface area contributed by atoms with Crippen LogP contribution in [0, 0.1) is 0 Å². The van der Waals surface area contributed by atoms with Crippen molar-refractivity contribution in [1.82, 2.24) is 4.90 Å². The molecule has 130 valence electrons. The van der Waals surface area contributed by atoms with Gasteiger partial charge in [-0.1, -0.05) is 30.3 Å². The minimum atomic E-state index is -0.691. The fourth-order valence-corrected chi connectivity index (χ4v) is 2.92. The second-order valence-corrected chi connectivity index (χ2v) is 5.96. The lowest BCUT2D eigenvalue weighted by atomic mass is 10.1. The number of amides is 1. The normalized spacial score (nSPS) is 14.8. The highest BCUT2D eigenvalue weighted by molar-refractivity contribution is 5.89. The molecule has 3 rings (SSSR count). The molecule has 5 nitrogen and oxygen atoms in total. The summed E-state index contributed by atoms with van der Waals surface area (Å²) < 4.78 is 10.7. The molecule has 0 aromatic heterocycles. The number of methoxy groups -OCH3 is 1. The maximum atomic E-state index is 12.9. The first-order valence-corrected chi connectivity index (χ1v) is 8.38. The molecule has 0 radical (unpaired) electrons. The van der Waals surface area contributed by atoms with Crippen LogP contribution in [0.15, 0.2) is 54.6 Å². The van der Waals surface area contributed by atoms with Gasteiger partial charge in [-0.3, -0.25) is 4.79 Å². The molecule has 1 amide bonds. The Morgan fingerprint density at radius 2 is 1.60 bits per heavy atom. The molecule has 0 saturated carbocycles. The molecule has 1 aliphatic heterocycles. The average molecular weight is 339 g/mol. The van der Waals surface area contributed by atoms with E-state index in [4.69, 9.17) is 9.47 Å². The number of hydrogen-bond donors (Lipinski definition) is 0. The molecular weight excluding hydrogens is 318 g/mol. The van der Waals surface area contributed by atoms with E-state index in [1.807, 2.05) is 35.2 Å². The summed E-state index contributed by atoms with van der Waals surface area (Å²) in [5.74, 6) is 0.106. The van der Waals surface area contributed by atoms with Gasteiger partial charge in [0, 0.05) is 18.7 Å². The van der Waals surface area contributed by atoms with Gasteiger partial charge in [-0.05, 0) is 37.1 Å². The van der Waals surface area contributed by atoms with Gasteiger partial charge in [0.25, 0.3) is 5.91 Å². The van der Waals surface area contributed by atoms with Crippen LogP contribution in [0.4, 0.5) is 0 Å². The van der Waals surface area contributed by atoms with Gasteiger partial charge < -0.3 is 14.4 Å². The summed E-state index contributed by atoms with van der Waals surface area (Å²) in [4.78, 5) is 26.3. The number of nitrogens with zero attached hydrogens (tertiary/aromatic N) is 1. The summed E-state index contributed by atoms with van der Waals surface area (Å²) in [6.45, 7) is 1.54. The fraction of sp³-hybridized carbons (Fsp3) is 0.300. The quantitative estimate of drug-likeness (QED) is 0.785. The van der Waals surface area contributed by atoms with Crippen molar-refractivity contribution in [3.8, 4) is 5.75 Å². The van der Waals surface area contributed by atoms with E-state index in [1.165, 1.54) is 7.11 Å². The van der Waals surface area contributed by atoms with Gasteiger partial charge in [0.15, 0.2) is 0 Å². The number of likely N-dealkylation sites (tertiary alicyclic amines) is 1. The minimum Gasteiger partial charge on any atom is -0.476 e. The summed E-state index contributed by atoms with van der Waals surface area (Å²) in [6, 6.07) is 16.1. The summed E-state index contributed by atoms with van der Waals surface area (Å²) >= 11 is 0. The highest BCUT2D eigenvalue weighted by Gasteiger charge is 2.29. The van der Waals surface area contributed by atoms with Crippen molar-refractivity contribution < 1.29 is 19.1 Å². The van der Waals surface area contributed by atoms with Crippen LogP contribution in [0.5, 0.6) is 5.75 Å². The van der Waals surface area contributed by atoms with Gasteiger partial charge in [0.1, 0.15) is 5.75 Å². The SMILES string of the molecule is COC(=O)c1ccc(O[C@@H](C(=O)N2CCCC2)c2ccccc2)cc1. The number of ether oxygens (including phenoxy) is 2. The third kappa shape index (κ3) is 3.99. The van der Waals surface area contributed by atoms with Crippen molar-refractivity contribution >= 4 is 11.9 Å². The molecule has 2 aromatic rings. The zero-order valence-corrected chi connectivity index (χ0v) is 14.2. The first-order chi connectivity index (χ1) is 12.2. The number of benzene rings is 2. The fourth-order valence-electron chi connectivity index (χ4n) is 2.92. The van der Waals surface area contributed by atoms with Crippen LogP contribution in [-0.2, 0) is 9.53 Å². The van der Waals surface area contributed by atoms with E-state index < -0.39 is 12.1 Å². The Bertz CT molecular complexity index is 721. The van der Waals surface area contributed by atoms with E-state index in [9.17, 15) is 9.59 Å². The van der Waals surface area contributed by atoms with Crippen LogP contribution < -0.4 is 4.74 Å². The largest absolute Gasteiger partial charge is 0.476 e. The first kappa shape index (κ1) is 17.0. The van der Waals surface area contributed by atoms with Crippen LogP contribution in [0.1, 0.15) is 34.9 Å². The topological polar surface area (TPSA) is 55.8 Å². The Morgan fingerprint density at radius 1 is 0.960 bits per heavy atom. The van der Waals surface area contributed by atoms with Crippen molar-refractivity contribution in [2.45, 2.75) is 18.9 Å². The molecule has 0 aliphatic carbocycles. The van der Waals surface area contributed by atoms with Gasteiger partial charge in [-0.25, -0.2) is 4.79 Å². The summed E-state index contributed by atoms with van der Waals surface area (Å²) in [7, 11) is 1.34. The van der Waals surface area contributed by atoms with Crippen molar-refractivity contribution in [1.29, 1.82) is 0 Å². The first-order valence-electron chi connectivity index (χ1n) is 8.38. The predicted molar refractivity (Wildman–Crippen MR) is 93.4 cm³/mol. The highest BCUT2D eigenvalue weighted by Crippen LogP contribution is 2.26. The van der Waals surface area contributed by atoms with E-state index >= 15 is 0 Å². The zero-order valence-electron chi connectivity index (χ0n) is 14.2. The summed E-state index contributed by atoms with van der Waals surface area (Å²) in [6.07, 6.45) is 1.37. The molecule has 0 N–H and O–H groups in total. The third-order valence-corrected chi connectivity index (χ3v) is 4.27. The lowest BCUT2D eigenvalue weighted by Gasteiger charge is -2.24. The van der Waals surface area contributed by atoms with Gasteiger partial charge in [-0.15, -0.1) is 0 Å². The Kier molecular flexibility index (Phi) is 5.33. The molecule has 1 atom stereocenters. The molecule has 0 bridgehead atoms. The number of carbonyl (C=O) groups excluding carboxylic acids is 2. The van der Waals surface area contributed by atoms with E-state index in [1.54, 1.807) is 24.3 Å². The van der Waals surface area contributed by atoms with Gasteiger partial charge in [-0.2, -0.15) is 0 Å². The molecule has 1 heterocycles. The second kappa shape index (κ2) is 7.83. The Labute approximate surface area is 147 Å². The molecule has 2 aromatic carbocycles. The average Bonchev–Trinajstić information content (AvgIpc) is 3.21. The Balaban J connectivity index is 1.82. The van der Waals surface area contributed by atoms with E-state index in [2.05, 4.69) is 0 Å². The molecule has 1 fully saturated rings. The lowest BCUT2D eigenvalue weighted by molar-refractivity contribution is -0.138. The Morgan fingerprint density at radius 3 is 2.20 bits per heavy atom. The van der Waals surface area contributed by atoms with Crippen molar-refractivity contribution in [2.24, 2.45) is 0 Å². The lowest BCUT2D eigenvalue weighted by Crippen LogP contribution is -2.35. The maximum Gasteiger partial charge on any atom is 0.337 e. The molecular formula is C20H21NO4. The van der Waals surface area contributed by atoms with Crippen LogP contribution in [0.3, 0.4) is 0 Å². The number of carbonyl (C=O) groups is 2. The minimum absolute atomic E-state index is 0.0271.